The maximum absolute atomic E-state index is 11.2. The molecule has 1 heterocycles. The monoisotopic (exact) mass is 295 g/mol. The number of hydrogen-bond donors (Lipinski definition) is 1. The molecule has 0 radical (unpaired) electrons. The van der Waals surface area contributed by atoms with Crippen LogP contribution in [0.3, 0.4) is 0 Å². The van der Waals surface area contributed by atoms with Crippen molar-refractivity contribution in [1.29, 1.82) is 0 Å². The number of alkyl halides is 1. The second-order valence-corrected chi connectivity index (χ2v) is 4.93. The van der Waals surface area contributed by atoms with E-state index in [0.29, 0.717) is 13.1 Å². The Kier molecular flexibility index (Phi) is 4.98. The van der Waals surface area contributed by atoms with Crippen LogP contribution in [0, 0.1) is 0 Å². The molecular formula is C14H18ClN3O2. The number of ether oxygens (including phenoxy) is 1. The van der Waals surface area contributed by atoms with Gasteiger partial charge in [-0.2, -0.15) is 5.10 Å². The first-order chi connectivity index (χ1) is 9.67. The Labute approximate surface area is 122 Å². The van der Waals surface area contributed by atoms with Gasteiger partial charge < -0.3 is 10.1 Å². The Bertz CT molecular complexity index is 597. The van der Waals surface area contributed by atoms with E-state index >= 15 is 0 Å². The van der Waals surface area contributed by atoms with Crippen molar-refractivity contribution in [2.24, 2.45) is 0 Å². The molecular weight excluding hydrogens is 278 g/mol. The van der Waals surface area contributed by atoms with Gasteiger partial charge in [-0.15, -0.1) is 11.6 Å². The third-order valence-corrected chi connectivity index (χ3v) is 3.44. The molecule has 2 aromatic rings. The van der Waals surface area contributed by atoms with E-state index in [4.69, 9.17) is 11.6 Å². The third kappa shape index (κ3) is 3.11. The molecule has 108 valence electrons. The first-order valence-corrected chi connectivity index (χ1v) is 6.98. The maximum Gasteiger partial charge on any atom is 0.325 e. The van der Waals surface area contributed by atoms with Crippen LogP contribution in [0.25, 0.3) is 10.9 Å². The van der Waals surface area contributed by atoms with Gasteiger partial charge in [0.25, 0.3) is 0 Å². The Hall–Kier alpha value is -1.59. The minimum atomic E-state index is -0.681. The van der Waals surface area contributed by atoms with Crippen molar-refractivity contribution < 1.29 is 9.53 Å². The zero-order valence-electron chi connectivity index (χ0n) is 11.6. The van der Waals surface area contributed by atoms with Gasteiger partial charge in [0.2, 0.25) is 0 Å². The first-order valence-electron chi connectivity index (χ1n) is 6.54. The average Bonchev–Trinajstić information content (AvgIpc) is 2.84. The summed E-state index contributed by atoms with van der Waals surface area (Å²) in [6.45, 7) is 3.79. The summed E-state index contributed by atoms with van der Waals surface area (Å²) in [6, 6.07) is 8.09. The molecule has 6 heteroatoms. The van der Waals surface area contributed by atoms with Gasteiger partial charge in [0.15, 0.2) is 0 Å². The van der Waals surface area contributed by atoms with Crippen LogP contribution in [0.15, 0.2) is 24.3 Å². The quantitative estimate of drug-likeness (QED) is 0.653. The highest BCUT2D eigenvalue weighted by Gasteiger charge is 2.15. The fourth-order valence-corrected chi connectivity index (χ4v) is 2.29. The molecule has 0 aliphatic rings. The Balaban J connectivity index is 2.05. The number of nitrogens with one attached hydrogen (secondary N) is 1. The minimum Gasteiger partial charge on any atom is -0.468 e. The van der Waals surface area contributed by atoms with E-state index in [0.717, 1.165) is 23.1 Å². The Morgan fingerprint density at radius 1 is 1.50 bits per heavy atom. The van der Waals surface area contributed by atoms with Crippen molar-refractivity contribution in [1.82, 2.24) is 15.1 Å². The lowest BCUT2D eigenvalue weighted by Crippen LogP contribution is -2.29. The van der Waals surface area contributed by atoms with Crippen LogP contribution in [0.5, 0.6) is 0 Å². The molecule has 5 nitrogen and oxygen atoms in total. The van der Waals surface area contributed by atoms with Crippen LogP contribution in [0.2, 0.25) is 0 Å². The minimum absolute atomic E-state index is 0.349. The van der Waals surface area contributed by atoms with Crippen LogP contribution < -0.4 is 5.32 Å². The molecule has 0 spiro atoms. The summed E-state index contributed by atoms with van der Waals surface area (Å²) in [5, 5.41) is 8.14. The highest BCUT2D eigenvalue weighted by Crippen LogP contribution is 2.18. The fourth-order valence-electron chi connectivity index (χ4n) is 2.10. The second kappa shape index (κ2) is 6.72. The van der Waals surface area contributed by atoms with Gasteiger partial charge in [0.1, 0.15) is 5.38 Å². The van der Waals surface area contributed by atoms with E-state index in [-0.39, 0.29) is 0 Å². The normalized spacial score (nSPS) is 12.6. The number of carbonyl (C=O) groups is 1. The largest absolute Gasteiger partial charge is 0.468 e. The van der Waals surface area contributed by atoms with Crippen molar-refractivity contribution in [3.05, 3.63) is 30.0 Å². The Morgan fingerprint density at radius 3 is 2.95 bits per heavy atom. The molecule has 0 saturated carbocycles. The fraction of sp³-hybridized carbons (Fsp3) is 0.429. The van der Waals surface area contributed by atoms with E-state index in [1.54, 1.807) is 0 Å². The van der Waals surface area contributed by atoms with Crippen molar-refractivity contribution in [2.75, 3.05) is 13.7 Å². The lowest BCUT2D eigenvalue weighted by Gasteiger charge is -2.07. The predicted molar refractivity (Wildman–Crippen MR) is 78.8 cm³/mol. The molecule has 0 fully saturated rings. The summed E-state index contributed by atoms with van der Waals surface area (Å²) >= 11 is 5.89. The standard InChI is InChI=1S/C14H18ClN3O2/c1-3-18-13-7-5-4-6-10(13)12(17-18)9-16-8-11(15)14(19)20-2/h4-7,11,16H,3,8-9H2,1-2H3. The van der Waals surface area contributed by atoms with Crippen molar-refractivity contribution >= 4 is 28.5 Å². The predicted octanol–water partition coefficient (Wildman–Crippen LogP) is 1.93. The number of aromatic nitrogens is 2. The highest BCUT2D eigenvalue weighted by atomic mass is 35.5. The number of halogens is 1. The van der Waals surface area contributed by atoms with E-state index in [1.807, 2.05) is 28.9 Å². The molecule has 1 N–H and O–H groups in total. The molecule has 1 atom stereocenters. The molecule has 1 unspecified atom stereocenters. The molecule has 1 aromatic heterocycles. The van der Waals surface area contributed by atoms with Gasteiger partial charge >= 0.3 is 5.97 Å². The molecule has 0 amide bonds. The average molecular weight is 296 g/mol. The number of hydrogen-bond acceptors (Lipinski definition) is 4. The van der Waals surface area contributed by atoms with Gasteiger partial charge in [-0.3, -0.25) is 9.48 Å². The summed E-state index contributed by atoms with van der Waals surface area (Å²) in [5.74, 6) is -0.428. The zero-order chi connectivity index (χ0) is 14.5. The van der Waals surface area contributed by atoms with E-state index < -0.39 is 11.3 Å². The number of methoxy groups -OCH3 is 1. The number of benzene rings is 1. The molecule has 0 saturated heterocycles. The van der Waals surface area contributed by atoms with Crippen LogP contribution in [0.4, 0.5) is 0 Å². The summed E-state index contributed by atoms with van der Waals surface area (Å²) in [5.41, 5.74) is 2.07. The van der Waals surface area contributed by atoms with Crippen molar-refractivity contribution in [3.8, 4) is 0 Å². The van der Waals surface area contributed by atoms with Gasteiger partial charge in [0, 0.05) is 25.0 Å². The van der Waals surface area contributed by atoms with E-state index in [2.05, 4.69) is 22.1 Å². The van der Waals surface area contributed by atoms with E-state index in [9.17, 15) is 4.79 Å². The molecule has 0 aliphatic heterocycles. The van der Waals surface area contributed by atoms with Gasteiger partial charge in [-0.25, -0.2) is 0 Å². The van der Waals surface area contributed by atoms with Crippen molar-refractivity contribution in [2.45, 2.75) is 25.4 Å². The second-order valence-electron chi connectivity index (χ2n) is 4.40. The summed E-state index contributed by atoms with van der Waals surface area (Å²) in [4.78, 5) is 11.2. The number of para-hydroxylation sites is 1. The number of aryl methyl sites for hydroxylation is 1. The summed E-state index contributed by atoms with van der Waals surface area (Å²) in [7, 11) is 1.33. The van der Waals surface area contributed by atoms with Gasteiger partial charge in [0.05, 0.1) is 18.3 Å². The van der Waals surface area contributed by atoms with Gasteiger partial charge in [-0.1, -0.05) is 18.2 Å². The summed E-state index contributed by atoms with van der Waals surface area (Å²) < 4.78 is 6.54. The number of esters is 1. The number of carbonyl (C=O) groups excluding carboxylic acids is 1. The SMILES string of the molecule is CCn1nc(CNCC(Cl)C(=O)OC)c2ccccc21. The van der Waals surface area contributed by atoms with Gasteiger partial charge in [-0.05, 0) is 13.0 Å². The highest BCUT2D eigenvalue weighted by molar-refractivity contribution is 6.30. The Morgan fingerprint density at radius 2 is 2.25 bits per heavy atom. The molecule has 0 aliphatic carbocycles. The number of fused-ring (bicyclic) bond motifs is 1. The molecule has 0 bridgehead atoms. The topological polar surface area (TPSA) is 56.2 Å². The zero-order valence-corrected chi connectivity index (χ0v) is 12.4. The van der Waals surface area contributed by atoms with E-state index in [1.165, 1.54) is 7.11 Å². The lowest BCUT2D eigenvalue weighted by atomic mass is 10.2. The van der Waals surface area contributed by atoms with Crippen molar-refractivity contribution in [3.63, 3.8) is 0 Å². The van der Waals surface area contributed by atoms with Crippen LogP contribution in [-0.4, -0.2) is 34.8 Å². The van der Waals surface area contributed by atoms with Crippen LogP contribution in [-0.2, 0) is 22.6 Å². The lowest BCUT2D eigenvalue weighted by molar-refractivity contribution is -0.140. The molecule has 20 heavy (non-hydrogen) atoms. The maximum atomic E-state index is 11.2. The number of rotatable bonds is 6. The summed E-state index contributed by atoms with van der Waals surface area (Å²) in [6.07, 6.45) is 0. The molecule has 2 rings (SSSR count). The first kappa shape index (κ1) is 14.8. The van der Waals surface area contributed by atoms with Crippen LogP contribution in [0.1, 0.15) is 12.6 Å². The van der Waals surface area contributed by atoms with Crippen LogP contribution >= 0.6 is 11.6 Å². The smallest absolute Gasteiger partial charge is 0.325 e. The third-order valence-electron chi connectivity index (χ3n) is 3.11. The number of nitrogens with zero attached hydrogens (tertiary/aromatic N) is 2. The molecule has 1 aromatic carbocycles.